The molecule has 1 aliphatic rings. The number of para-hydroxylation sites is 1. The fraction of sp³-hybridized carbons (Fsp3) is 0.182. The molecule has 0 saturated heterocycles. The zero-order chi connectivity index (χ0) is 10.4. The van der Waals surface area contributed by atoms with Crippen LogP contribution in [-0.4, -0.2) is 10.9 Å². The maximum atomic E-state index is 5.95. The normalized spacial score (nSPS) is 18.9. The van der Waals surface area contributed by atoms with Gasteiger partial charge in [-0.3, -0.25) is 4.99 Å². The lowest BCUT2D eigenvalue weighted by molar-refractivity contribution is 0.699. The Morgan fingerprint density at radius 1 is 1.40 bits per heavy atom. The topological polar surface area (TPSA) is 55.3 Å². The lowest BCUT2D eigenvalue weighted by Crippen LogP contribution is -2.18. The molecular formula is C11H12N4. The molecule has 4 nitrogen and oxygen atoms in total. The van der Waals surface area contributed by atoms with Crippen LogP contribution >= 0.6 is 0 Å². The number of rotatable bonds is 0. The van der Waals surface area contributed by atoms with Gasteiger partial charge >= 0.3 is 0 Å². The highest BCUT2D eigenvalue weighted by atomic mass is 15.1. The Morgan fingerprint density at radius 3 is 3.07 bits per heavy atom. The van der Waals surface area contributed by atoms with Crippen molar-refractivity contribution >= 4 is 22.9 Å². The second-order valence-electron chi connectivity index (χ2n) is 3.70. The third-order valence-electron chi connectivity index (χ3n) is 2.88. The van der Waals surface area contributed by atoms with E-state index in [1.54, 1.807) is 6.34 Å². The van der Waals surface area contributed by atoms with E-state index < -0.39 is 0 Å². The summed E-state index contributed by atoms with van der Waals surface area (Å²) in [6.07, 6.45) is 1.40. The summed E-state index contributed by atoms with van der Waals surface area (Å²) in [4.78, 5) is 4.15. The van der Waals surface area contributed by atoms with Crippen LogP contribution in [0.4, 0.5) is 5.69 Å². The average molecular weight is 200 g/mol. The zero-order valence-corrected chi connectivity index (χ0v) is 8.44. The maximum absolute atomic E-state index is 5.95. The first-order chi connectivity index (χ1) is 7.29. The molecule has 0 aliphatic carbocycles. The van der Waals surface area contributed by atoms with Crippen LogP contribution in [0.2, 0.25) is 0 Å². The highest BCUT2D eigenvalue weighted by Gasteiger charge is 2.21. The van der Waals surface area contributed by atoms with E-state index in [-0.39, 0.29) is 6.17 Å². The molecule has 0 amide bonds. The summed E-state index contributed by atoms with van der Waals surface area (Å²) in [6.45, 7) is 0. The molecule has 1 aromatic carbocycles. The van der Waals surface area contributed by atoms with Gasteiger partial charge in [0, 0.05) is 12.4 Å². The number of aryl methyl sites for hydroxylation is 1. The van der Waals surface area contributed by atoms with Crippen molar-refractivity contribution < 1.29 is 0 Å². The molecule has 0 saturated carbocycles. The second kappa shape index (κ2) is 2.84. The number of benzene rings is 1. The quantitative estimate of drug-likeness (QED) is 0.678. The van der Waals surface area contributed by atoms with Gasteiger partial charge in [-0.15, -0.1) is 0 Å². The van der Waals surface area contributed by atoms with E-state index in [4.69, 9.17) is 5.73 Å². The highest BCUT2D eigenvalue weighted by molar-refractivity contribution is 6.00. The van der Waals surface area contributed by atoms with E-state index in [9.17, 15) is 0 Å². The Kier molecular flexibility index (Phi) is 1.61. The molecular weight excluding hydrogens is 188 g/mol. The molecule has 0 bridgehead atoms. The van der Waals surface area contributed by atoms with E-state index in [1.165, 1.54) is 10.9 Å². The molecule has 15 heavy (non-hydrogen) atoms. The minimum absolute atomic E-state index is 0.265. The largest absolute Gasteiger partial charge is 0.345 e. The van der Waals surface area contributed by atoms with Crippen LogP contribution in [-0.2, 0) is 7.05 Å². The minimum atomic E-state index is -0.265. The molecule has 0 fully saturated rings. The summed E-state index contributed by atoms with van der Waals surface area (Å²) in [6, 6.07) is 8.23. The predicted octanol–water partition coefficient (Wildman–Crippen LogP) is 1.59. The van der Waals surface area contributed by atoms with Crippen molar-refractivity contribution in [1.82, 2.24) is 4.57 Å². The van der Waals surface area contributed by atoms with Crippen LogP contribution in [0.1, 0.15) is 11.9 Å². The smallest absolute Gasteiger partial charge is 0.142 e. The highest BCUT2D eigenvalue weighted by Crippen LogP contribution is 2.34. The average Bonchev–Trinajstić information content (AvgIpc) is 2.55. The first-order valence-corrected chi connectivity index (χ1v) is 4.90. The van der Waals surface area contributed by atoms with Crippen molar-refractivity contribution in [1.29, 1.82) is 0 Å². The molecule has 1 atom stereocenters. The molecule has 1 aliphatic heterocycles. The van der Waals surface area contributed by atoms with E-state index in [0.717, 1.165) is 11.4 Å². The van der Waals surface area contributed by atoms with Crippen LogP contribution in [0.5, 0.6) is 0 Å². The number of hydrogen-bond donors (Lipinski definition) is 2. The molecule has 0 radical (unpaired) electrons. The Balaban J connectivity index is 2.43. The SMILES string of the molecule is Cn1c2c(c3ccccc31)NC=NC2N. The van der Waals surface area contributed by atoms with Crippen LogP contribution in [0.3, 0.4) is 0 Å². The predicted molar refractivity (Wildman–Crippen MR) is 62.0 cm³/mol. The van der Waals surface area contributed by atoms with E-state index >= 15 is 0 Å². The van der Waals surface area contributed by atoms with Gasteiger partial charge in [-0.2, -0.15) is 0 Å². The Morgan fingerprint density at radius 2 is 2.20 bits per heavy atom. The molecule has 1 aromatic heterocycles. The summed E-state index contributed by atoms with van der Waals surface area (Å²) in [5.41, 5.74) is 9.25. The summed E-state index contributed by atoms with van der Waals surface area (Å²) in [7, 11) is 2.02. The number of anilines is 1. The van der Waals surface area contributed by atoms with Crippen molar-refractivity contribution in [3.05, 3.63) is 30.0 Å². The fourth-order valence-corrected chi connectivity index (χ4v) is 2.16. The molecule has 4 heteroatoms. The number of nitrogens with zero attached hydrogens (tertiary/aromatic N) is 2. The Bertz CT molecular complexity index is 553. The van der Waals surface area contributed by atoms with Crippen LogP contribution in [0.15, 0.2) is 29.3 Å². The Hall–Kier alpha value is -1.81. The van der Waals surface area contributed by atoms with Crippen molar-refractivity contribution in [2.75, 3.05) is 5.32 Å². The third-order valence-corrected chi connectivity index (χ3v) is 2.88. The molecule has 3 N–H and O–H groups in total. The molecule has 2 heterocycles. The van der Waals surface area contributed by atoms with Gasteiger partial charge in [-0.25, -0.2) is 0 Å². The van der Waals surface area contributed by atoms with Crippen molar-refractivity contribution in [3.8, 4) is 0 Å². The van der Waals surface area contributed by atoms with Crippen molar-refractivity contribution in [3.63, 3.8) is 0 Å². The lowest BCUT2D eigenvalue weighted by Gasteiger charge is -2.15. The monoisotopic (exact) mass is 200 g/mol. The first-order valence-electron chi connectivity index (χ1n) is 4.90. The standard InChI is InChI=1S/C11H12N4/c1-15-8-5-3-2-4-7(8)9-10(15)11(12)14-6-13-9/h2-6,11H,12H2,1H3,(H,13,14). The van der Waals surface area contributed by atoms with Crippen molar-refractivity contribution in [2.45, 2.75) is 6.17 Å². The lowest BCUT2D eigenvalue weighted by atomic mass is 10.2. The Labute approximate surface area is 87.4 Å². The van der Waals surface area contributed by atoms with Gasteiger partial charge in [0.2, 0.25) is 0 Å². The van der Waals surface area contributed by atoms with Gasteiger partial charge in [-0.1, -0.05) is 18.2 Å². The van der Waals surface area contributed by atoms with Gasteiger partial charge in [0.25, 0.3) is 0 Å². The number of aromatic nitrogens is 1. The molecule has 0 spiro atoms. The molecule has 3 rings (SSSR count). The third kappa shape index (κ3) is 1.02. The van der Waals surface area contributed by atoms with E-state index in [1.807, 2.05) is 19.2 Å². The number of nitrogens with one attached hydrogen (secondary N) is 1. The number of hydrogen-bond acceptors (Lipinski definition) is 3. The van der Waals surface area contributed by atoms with Gasteiger partial charge in [0.05, 0.1) is 23.2 Å². The number of nitrogens with two attached hydrogens (primary N) is 1. The van der Waals surface area contributed by atoms with Crippen molar-refractivity contribution in [2.24, 2.45) is 17.8 Å². The summed E-state index contributed by atoms with van der Waals surface area (Å²) < 4.78 is 2.10. The fourth-order valence-electron chi connectivity index (χ4n) is 2.16. The van der Waals surface area contributed by atoms with Crippen LogP contribution < -0.4 is 11.1 Å². The van der Waals surface area contributed by atoms with Gasteiger partial charge in [-0.05, 0) is 6.07 Å². The first kappa shape index (κ1) is 8.49. The van der Waals surface area contributed by atoms with E-state index in [2.05, 4.69) is 27.0 Å². The number of fused-ring (bicyclic) bond motifs is 3. The number of aliphatic imine (C=N–C) groups is 1. The summed E-state index contributed by atoms with van der Waals surface area (Å²) in [5.74, 6) is 0. The van der Waals surface area contributed by atoms with Gasteiger partial charge in [0.1, 0.15) is 6.17 Å². The molecule has 1 unspecified atom stereocenters. The van der Waals surface area contributed by atoms with E-state index in [0.29, 0.717) is 0 Å². The molecule has 2 aromatic rings. The summed E-state index contributed by atoms with van der Waals surface area (Å²) in [5, 5.41) is 4.36. The summed E-state index contributed by atoms with van der Waals surface area (Å²) >= 11 is 0. The molecule has 76 valence electrons. The van der Waals surface area contributed by atoms with Crippen LogP contribution in [0, 0.1) is 0 Å². The van der Waals surface area contributed by atoms with Crippen LogP contribution in [0.25, 0.3) is 10.9 Å². The minimum Gasteiger partial charge on any atom is -0.345 e. The van der Waals surface area contributed by atoms with Gasteiger partial charge in [0.15, 0.2) is 0 Å². The zero-order valence-electron chi connectivity index (χ0n) is 8.44. The van der Waals surface area contributed by atoms with Gasteiger partial charge < -0.3 is 15.6 Å². The maximum Gasteiger partial charge on any atom is 0.142 e. The second-order valence-corrected chi connectivity index (χ2v) is 3.70.